The molecular weight excluding hydrogens is 214 g/mol. The van der Waals surface area contributed by atoms with Crippen molar-refractivity contribution in [3.8, 4) is 0 Å². The minimum atomic E-state index is -0.410. The predicted octanol–water partition coefficient (Wildman–Crippen LogP) is 2.26. The maximum atomic E-state index is 11.1. The molecule has 0 unspecified atom stereocenters. The highest BCUT2D eigenvalue weighted by Crippen LogP contribution is 2.59. The van der Waals surface area contributed by atoms with Gasteiger partial charge in [0.1, 0.15) is 5.60 Å². The first-order valence-electron chi connectivity index (χ1n) is 6.45. The molecule has 0 aliphatic heterocycles. The average molecular weight is 237 g/mol. The van der Waals surface area contributed by atoms with Gasteiger partial charge in [0.25, 0.3) is 0 Å². The van der Waals surface area contributed by atoms with E-state index in [0.717, 1.165) is 12.3 Å². The molecule has 0 radical (unpaired) electrons. The van der Waals surface area contributed by atoms with Gasteiger partial charge in [-0.05, 0) is 56.9 Å². The van der Waals surface area contributed by atoms with Crippen molar-refractivity contribution in [2.45, 2.75) is 45.6 Å². The Morgan fingerprint density at radius 3 is 2.82 bits per heavy atom. The summed E-state index contributed by atoms with van der Waals surface area (Å²) in [7, 11) is 0. The van der Waals surface area contributed by atoms with E-state index in [1.807, 2.05) is 13.8 Å². The summed E-state index contributed by atoms with van der Waals surface area (Å²) in [4.78, 5) is 11.1. The van der Waals surface area contributed by atoms with Crippen molar-refractivity contribution < 1.29 is 9.53 Å². The molecule has 2 aliphatic rings. The fourth-order valence-corrected chi connectivity index (χ4v) is 3.87. The van der Waals surface area contributed by atoms with Crippen molar-refractivity contribution in [2.75, 3.05) is 6.54 Å². The van der Waals surface area contributed by atoms with Crippen LogP contribution in [0.3, 0.4) is 0 Å². The lowest BCUT2D eigenvalue weighted by Gasteiger charge is -2.54. The minimum Gasteiger partial charge on any atom is -0.460 e. The van der Waals surface area contributed by atoms with Crippen molar-refractivity contribution in [2.24, 2.45) is 23.0 Å². The Morgan fingerprint density at radius 1 is 1.59 bits per heavy atom. The van der Waals surface area contributed by atoms with E-state index in [1.165, 1.54) is 19.8 Å². The number of ether oxygens (including phenoxy) is 1. The van der Waals surface area contributed by atoms with Gasteiger partial charge in [-0.15, -0.1) is 0 Å². The van der Waals surface area contributed by atoms with E-state index in [9.17, 15) is 4.79 Å². The number of hydrogen-bond acceptors (Lipinski definition) is 3. The molecule has 1 fully saturated rings. The van der Waals surface area contributed by atoms with Gasteiger partial charge in [-0.25, -0.2) is 0 Å². The van der Waals surface area contributed by atoms with E-state index in [4.69, 9.17) is 10.5 Å². The van der Waals surface area contributed by atoms with E-state index >= 15 is 0 Å². The van der Waals surface area contributed by atoms with Crippen LogP contribution in [0.15, 0.2) is 12.2 Å². The Morgan fingerprint density at radius 2 is 2.29 bits per heavy atom. The topological polar surface area (TPSA) is 52.3 Å². The van der Waals surface area contributed by atoms with Crippen LogP contribution in [-0.4, -0.2) is 18.1 Å². The Kier molecular flexibility index (Phi) is 3.06. The van der Waals surface area contributed by atoms with Crippen molar-refractivity contribution in [3.63, 3.8) is 0 Å². The third kappa shape index (κ3) is 2.25. The summed E-state index contributed by atoms with van der Waals surface area (Å²) in [6, 6.07) is 0. The van der Waals surface area contributed by atoms with Gasteiger partial charge < -0.3 is 10.5 Å². The van der Waals surface area contributed by atoms with Gasteiger partial charge >= 0.3 is 5.97 Å². The van der Waals surface area contributed by atoms with Crippen LogP contribution >= 0.6 is 0 Å². The number of hydrogen-bond donors (Lipinski definition) is 1. The van der Waals surface area contributed by atoms with E-state index in [-0.39, 0.29) is 11.4 Å². The van der Waals surface area contributed by atoms with E-state index in [2.05, 4.69) is 12.2 Å². The van der Waals surface area contributed by atoms with Gasteiger partial charge in [0, 0.05) is 6.92 Å². The van der Waals surface area contributed by atoms with Gasteiger partial charge in [0.05, 0.1) is 0 Å². The highest BCUT2D eigenvalue weighted by Gasteiger charge is 2.54. The number of fused-ring (bicyclic) bond motifs is 1. The quantitative estimate of drug-likeness (QED) is 0.602. The lowest BCUT2D eigenvalue weighted by Crippen LogP contribution is -2.53. The van der Waals surface area contributed by atoms with Gasteiger partial charge in [-0.1, -0.05) is 12.2 Å². The van der Waals surface area contributed by atoms with Crippen molar-refractivity contribution in [1.29, 1.82) is 0 Å². The zero-order valence-electron chi connectivity index (χ0n) is 11.0. The van der Waals surface area contributed by atoms with Gasteiger partial charge in [0.15, 0.2) is 0 Å². The molecule has 96 valence electrons. The Bertz CT molecular complexity index is 348. The van der Waals surface area contributed by atoms with E-state index in [0.29, 0.717) is 12.5 Å². The first-order valence-corrected chi connectivity index (χ1v) is 6.45. The van der Waals surface area contributed by atoms with Crippen molar-refractivity contribution in [1.82, 2.24) is 0 Å². The summed E-state index contributed by atoms with van der Waals surface area (Å²) in [5.74, 6) is 1.18. The second kappa shape index (κ2) is 4.13. The summed E-state index contributed by atoms with van der Waals surface area (Å²) in [5.41, 5.74) is 5.73. The van der Waals surface area contributed by atoms with Crippen LogP contribution in [0.2, 0.25) is 0 Å². The summed E-state index contributed by atoms with van der Waals surface area (Å²) >= 11 is 0. The van der Waals surface area contributed by atoms with Crippen LogP contribution in [0.5, 0.6) is 0 Å². The number of allylic oxidation sites excluding steroid dienone is 2. The molecule has 0 aromatic rings. The molecule has 0 heterocycles. The van der Waals surface area contributed by atoms with Crippen LogP contribution in [0.4, 0.5) is 0 Å². The number of carbonyl (C=O) groups excluding carboxylic acids is 1. The molecule has 17 heavy (non-hydrogen) atoms. The molecule has 2 aliphatic carbocycles. The second-order valence-electron chi connectivity index (χ2n) is 6.25. The molecule has 0 bridgehead atoms. The molecule has 1 saturated carbocycles. The molecule has 0 saturated heterocycles. The third-order valence-electron chi connectivity index (χ3n) is 4.27. The van der Waals surface area contributed by atoms with Crippen molar-refractivity contribution in [3.05, 3.63) is 12.2 Å². The van der Waals surface area contributed by atoms with Gasteiger partial charge in [0.2, 0.25) is 0 Å². The highest BCUT2D eigenvalue weighted by atomic mass is 16.6. The summed E-state index contributed by atoms with van der Waals surface area (Å²) in [5, 5.41) is 0. The van der Waals surface area contributed by atoms with Crippen LogP contribution in [-0.2, 0) is 9.53 Å². The SMILES string of the molecule is CC(=O)OC(C)(C)C[C@@]1(CN)C[C@H]2CC=C[C@H]21. The highest BCUT2D eigenvalue weighted by molar-refractivity contribution is 5.66. The van der Waals surface area contributed by atoms with Gasteiger partial charge in [-0.3, -0.25) is 4.79 Å². The Labute approximate surface area is 103 Å². The molecule has 0 spiro atoms. The number of carbonyl (C=O) groups is 1. The molecular formula is C14H23NO2. The van der Waals surface area contributed by atoms with Gasteiger partial charge in [-0.2, -0.15) is 0 Å². The number of esters is 1. The standard InChI is InChI=1S/C14H23NO2/c1-10(16)17-13(2,3)8-14(9-15)7-11-5-4-6-12(11)14/h4,6,11-12H,5,7-9,15H2,1-3H3/t11-,12-,14-/m1/s1. The van der Waals surface area contributed by atoms with E-state index < -0.39 is 5.60 Å². The van der Waals surface area contributed by atoms with Crippen molar-refractivity contribution >= 4 is 5.97 Å². The maximum absolute atomic E-state index is 11.1. The molecule has 0 amide bonds. The number of nitrogens with two attached hydrogens (primary N) is 1. The maximum Gasteiger partial charge on any atom is 0.303 e. The molecule has 3 atom stereocenters. The smallest absolute Gasteiger partial charge is 0.303 e. The fraction of sp³-hybridized carbons (Fsp3) is 0.786. The van der Waals surface area contributed by atoms with E-state index in [1.54, 1.807) is 0 Å². The summed E-state index contributed by atoms with van der Waals surface area (Å²) in [6.45, 7) is 6.12. The van der Waals surface area contributed by atoms with Crippen LogP contribution in [0.25, 0.3) is 0 Å². The first-order chi connectivity index (χ1) is 7.88. The largest absolute Gasteiger partial charge is 0.460 e. The molecule has 0 aromatic heterocycles. The zero-order chi connectivity index (χ0) is 12.7. The lowest BCUT2D eigenvalue weighted by atomic mass is 9.52. The molecule has 0 aromatic carbocycles. The summed E-state index contributed by atoms with van der Waals surface area (Å²) < 4.78 is 5.40. The van der Waals surface area contributed by atoms with Crippen LogP contribution < -0.4 is 5.73 Å². The van der Waals surface area contributed by atoms with Crippen LogP contribution in [0.1, 0.15) is 40.0 Å². The normalized spacial score (nSPS) is 35.3. The third-order valence-corrected chi connectivity index (χ3v) is 4.27. The fourth-order valence-electron chi connectivity index (χ4n) is 3.87. The zero-order valence-corrected chi connectivity index (χ0v) is 11.0. The average Bonchev–Trinajstić information content (AvgIpc) is 2.55. The number of rotatable bonds is 4. The summed E-state index contributed by atoms with van der Waals surface area (Å²) in [6.07, 6.45) is 7.81. The molecule has 3 nitrogen and oxygen atoms in total. The predicted molar refractivity (Wildman–Crippen MR) is 67.3 cm³/mol. The second-order valence-corrected chi connectivity index (χ2v) is 6.25. The molecule has 2 N–H and O–H groups in total. The monoisotopic (exact) mass is 237 g/mol. The molecule has 3 heteroatoms. The molecule has 2 rings (SSSR count). The lowest BCUT2D eigenvalue weighted by molar-refractivity contribution is -0.161. The first kappa shape index (κ1) is 12.6. The van der Waals surface area contributed by atoms with Crippen LogP contribution in [0, 0.1) is 17.3 Å². The Hall–Kier alpha value is -0.830. The minimum absolute atomic E-state index is 0.149. The Balaban J connectivity index is 2.05.